The quantitative estimate of drug-likeness (QED) is 0.464. The molecular formula is C15H19NO2. The molecule has 0 saturated carbocycles. The zero-order valence-electron chi connectivity index (χ0n) is 11.3. The molecule has 1 rings (SSSR count). The van der Waals surface area contributed by atoms with E-state index in [1.807, 2.05) is 38.1 Å². The van der Waals surface area contributed by atoms with E-state index in [0.29, 0.717) is 11.1 Å². The van der Waals surface area contributed by atoms with Crippen molar-refractivity contribution in [3.05, 3.63) is 42.0 Å². The molecule has 3 nitrogen and oxygen atoms in total. The zero-order valence-corrected chi connectivity index (χ0v) is 11.3. The molecule has 96 valence electrons. The summed E-state index contributed by atoms with van der Waals surface area (Å²) in [7, 11) is 0. The molecule has 0 aliphatic rings. The highest BCUT2D eigenvalue weighted by atomic mass is 16.5. The van der Waals surface area contributed by atoms with Gasteiger partial charge in [-0.2, -0.15) is 5.26 Å². The van der Waals surface area contributed by atoms with E-state index in [4.69, 9.17) is 10.00 Å². The Balaban J connectivity index is 0.00000137. The Labute approximate surface area is 109 Å². The van der Waals surface area contributed by atoms with Crippen molar-refractivity contribution < 1.29 is 9.53 Å². The second kappa shape index (κ2) is 9.00. The van der Waals surface area contributed by atoms with E-state index in [2.05, 4.69) is 0 Å². The number of nitrogens with zero attached hydrogens (tertiary/aromatic N) is 1. The minimum atomic E-state index is -0.490. The van der Waals surface area contributed by atoms with Crippen molar-refractivity contribution in [1.82, 2.24) is 0 Å². The molecule has 1 aromatic carbocycles. The van der Waals surface area contributed by atoms with Crippen molar-refractivity contribution in [2.75, 3.05) is 0 Å². The van der Waals surface area contributed by atoms with Crippen molar-refractivity contribution in [2.24, 2.45) is 0 Å². The summed E-state index contributed by atoms with van der Waals surface area (Å²) < 4.78 is 4.94. The minimum Gasteiger partial charge on any atom is -0.460 e. The zero-order chi connectivity index (χ0) is 14.0. The van der Waals surface area contributed by atoms with Crippen molar-refractivity contribution >= 4 is 11.5 Å². The number of hydrogen-bond donors (Lipinski definition) is 0. The first kappa shape index (κ1) is 15.9. The van der Waals surface area contributed by atoms with Gasteiger partial charge in [0.05, 0.1) is 11.7 Å². The Morgan fingerprint density at radius 1 is 1.28 bits per heavy atom. The van der Waals surface area contributed by atoms with Gasteiger partial charge in [-0.25, -0.2) is 4.79 Å². The third-order valence-electron chi connectivity index (χ3n) is 1.82. The van der Waals surface area contributed by atoms with Crippen LogP contribution in [-0.4, -0.2) is 12.1 Å². The average molecular weight is 245 g/mol. The normalized spacial score (nSPS) is 10.1. The Kier molecular flexibility index (Phi) is 7.96. The van der Waals surface area contributed by atoms with Crippen LogP contribution in [0, 0.1) is 11.3 Å². The van der Waals surface area contributed by atoms with Gasteiger partial charge in [-0.1, -0.05) is 44.2 Å². The lowest BCUT2D eigenvalue weighted by molar-refractivity contribution is -0.141. The van der Waals surface area contributed by atoms with Crippen LogP contribution in [0.25, 0.3) is 5.57 Å². The summed E-state index contributed by atoms with van der Waals surface area (Å²) in [6.45, 7) is 7.53. The molecule has 3 heteroatoms. The predicted molar refractivity (Wildman–Crippen MR) is 72.6 cm³/mol. The van der Waals surface area contributed by atoms with Crippen LogP contribution in [0.2, 0.25) is 0 Å². The maximum Gasteiger partial charge on any atom is 0.332 e. The van der Waals surface area contributed by atoms with E-state index in [1.165, 1.54) is 6.08 Å². The fourth-order valence-electron chi connectivity index (χ4n) is 1.18. The molecule has 0 atom stereocenters. The van der Waals surface area contributed by atoms with Gasteiger partial charge in [-0.15, -0.1) is 0 Å². The number of nitriles is 1. The molecule has 0 fully saturated rings. The number of benzene rings is 1. The van der Waals surface area contributed by atoms with Gasteiger partial charge in [0.1, 0.15) is 6.07 Å². The smallest absolute Gasteiger partial charge is 0.332 e. The molecule has 0 radical (unpaired) electrons. The van der Waals surface area contributed by atoms with Crippen LogP contribution in [-0.2, 0) is 9.53 Å². The van der Waals surface area contributed by atoms with Gasteiger partial charge >= 0.3 is 5.97 Å². The molecule has 0 N–H and O–H groups in total. The first-order valence-corrected chi connectivity index (χ1v) is 6.01. The fourth-order valence-corrected chi connectivity index (χ4v) is 1.18. The highest BCUT2D eigenvalue weighted by molar-refractivity contribution is 5.95. The molecular weight excluding hydrogens is 226 g/mol. The molecule has 1 aromatic rings. The summed E-state index contributed by atoms with van der Waals surface area (Å²) in [5, 5.41) is 8.94. The third kappa shape index (κ3) is 5.86. The maximum atomic E-state index is 11.3. The number of hydrogen-bond acceptors (Lipinski definition) is 3. The van der Waals surface area contributed by atoms with Crippen LogP contribution in [0.4, 0.5) is 0 Å². The van der Waals surface area contributed by atoms with Gasteiger partial charge in [-0.3, -0.25) is 0 Å². The largest absolute Gasteiger partial charge is 0.460 e. The lowest BCUT2D eigenvalue weighted by atomic mass is 10.1. The lowest BCUT2D eigenvalue weighted by Gasteiger charge is -2.05. The Morgan fingerprint density at radius 2 is 1.83 bits per heavy atom. The standard InChI is InChI=1S/C13H13NO2.C2H6/c1-10(2)16-13(15)8-12(9-14)11-6-4-3-5-7-11;1-2/h3-8,10H,1-2H3;1-2H3. The molecule has 0 heterocycles. The van der Waals surface area contributed by atoms with Crippen molar-refractivity contribution in [2.45, 2.75) is 33.8 Å². The molecule has 0 aliphatic carbocycles. The number of rotatable bonds is 3. The summed E-state index contributed by atoms with van der Waals surface area (Å²) in [5.41, 5.74) is 1.02. The van der Waals surface area contributed by atoms with E-state index >= 15 is 0 Å². The van der Waals surface area contributed by atoms with Gasteiger partial charge < -0.3 is 4.74 Å². The first-order chi connectivity index (χ1) is 8.63. The number of carbonyl (C=O) groups is 1. The number of ether oxygens (including phenoxy) is 1. The summed E-state index contributed by atoms with van der Waals surface area (Å²) in [5.74, 6) is -0.490. The van der Waals surface area contributed by atoms with Gasteiger partial charge in [0, 0.05) is 6.08 Å². The Morgan fingerprint density at radius 3 is 2.28 bits per heavy atom. The van der Waals surface area contributed by atoms with Crippen molar-refractivity contribution in [3.8, 4) is 6.07 Å². The van der Waals surface area contributed by atoms with Crippen LogP contribution in [0.1, 0.15) is 33.3 Å². The third-order valence-corrected chi connectivity index (χ3v) is 1.82. The fraction of sp³-hybridized carbons (Fsp3) is 0.333. The van der Waals surface area contributed by atoms with Crippen LogP contribution in [0.3, 0.4) is 0 Å². The molecule has 0 bridgehead atoms. The van der Waals surface area contributed by atoms with Crippen molar-refractivity contribution in [3.63, 3.8) is 0 Å². The molecule has 0 aromatic heterocycles. The Hall–Kier alpha value is -2.08. The second-order valence-electron chi connectivity index (χ2n) is 3.52. The first-order valence-electron chi connectivity index (χ1n) is 6.01. The van der Waals surface area contributed by atoms with Crippen LogP contribution >= 0.6 is 0 Å². The minimum absolute atomic E-state index is 0.181. The average Bonchev–Trinajstić information content (AvgIpc) is 2.38. The molecule has 0 aliphatic heterocycles. The maximum absolute atomic E-state index is 11.3. The topological polar surface area (TPSA) is 50.1 Å². The summed E-state index contributed by atoms with van der Waals surface area (Å²) in [4.78, 5) is 11.3. The second-order valence-corrected chi connectivity index (χ2v) is 3.52. The molecule has 0 amide bonds. The predicted octanol–water partition coefficient (Wildman–Crippen LogP) is 3.57. The number of carbonyl (C=O) groups excluding carboxylic acids is 1. The monoisotopic (exact) mass is 245 g/mol. The van der Waals surface area contributed by atoms with Crippen LogP contribution < -0.4 is 0 Å². The van der Waals surface area contributed by atoms with Gasteiger partial charge in [0.25, 0.3) is 0 Å². The Bertz CT molecular complexity index is 428. The van der Waals surface area contributed by atoms with E-state index in [0.717, 1.165) is 0 Å². The van der Waals surface area contributed by atoms with Crippen molar-refractivity contribution in [1.29, 1.82) is 5.26 Å². The molecule has 0 spiro atoms. The van der Waals surface area contributed by atoms with Crippen LogP contribution in [0.15, 0.2) is 36.4 Å². The van der Waals surface area contributed by atoms with Crippen LogP contribution in [0.5, 0.6) is 0 Å². The summed E-state index contributed by atoms with van der Waals surface area (Å²) >= 11 is 0. The molecule has 0 unspecified atom stereocenters. The van der Waals surface area contributed by atoms with E-state index in [9.17, 15) is 4.79 Å². The number of allylic oxidation sites excluding steroid dienone is 1. The summed E-state index contributed by atoms with van der Waals surface area (Å²) in [6, 6.07) is 11.0. The van der Waals surface area contributed by atoms with Gasteiger partial charge in [0.2, 0.25) is 0 Å². The number of esters is 1. The molecule has 0 saturated heterocycles. The van der Waals surface area contributed by atoms with E-state index < -0.39 is 5.97 Å². The molecule has 18 heavy (non-hydrogen) atoms. The van der Waals surface area contributed by atoms with E-state index in [-0.39, 0.29) is 6.10 Å². The SMILES string of the molecule is CC.CC(C)OC(=O)C=C(C#N)c1ccccc1. The highest BCUT2D eigenvalue weighted by Gasteiger charge is 2.06. The highest BCUT2D eigenvalue weighted by Crippen LogP contribution is 2.12. The summed E-state index contributed by atoms with van der Waals surface area (Å²) in [6.07, 6.45) is 1.04. The van der Waals surface area contributed by atoms with Gasteiger partial charge in [-0.05, 0) is 19.4 Å². The van der Waals surface area contributed by atoms with Gasteiger partial charge in [0.15, 0.2) is 0 Å². The lowest BCUT2D eigenvalue weighted by Crippen LogP contribution is -2.09. The van der Waals surface area contributed by atoms with E-state index in [1.54, 1.807) is 26.0 Å².